The van der Waals surface area contributed by atoms with Crippen LogP contribution >= 0.6 is 0 Å². The lowest BCUT2D eigenvalue weighted by molar-refractivity contribution is -0.0875. The summed E-state index contributed by atoms with van der Waals surface area (Å²) in [4.78, 5) is 0. The molecule has 1 spiro atoms. The molecule has 2 aliphatic carbocycles. The molecular formula is C15H25NO. The molecule has 2 nitrogen and oxygen atoms in total. The normalized spacial score (nSPS) is 37.1. The van der Waals surface area contributed by atoms with E-state index in [1.165, 1.54) is 57.8 Å². The van der Waals surface area contributed by atoms with E-state index in [-0.39, 0.29) is 5.60 Å². The summed E-state index contributed by atoms with van der Waals surface area (Å²) in [7, 11) is 0. The van der Waals surface area contributed by atoms with Gasteiger partial charge in [-0.2, -0.15) is 0 Å². The van der Waals surface area contributed by atoms with Gasteiger partial charge in [0.15, 0.2) is 0 Å². The molecule has 2 unspecified atom stereocenters. The molecule has 0 aromatic carbocycles. The molecule has 0 aromatic heterocycles. The third-order valence-electron chi connectivity index (χ3n) is 4.96. The Hall–Kier alpha value is -0.340. The van der Waals surface area contributed by atoms with E-state index >= 15 is 0 Å². The van der Waals surface area contributed by atoms with Crippen molar-refractivity contribution >= 4 is 0 Å². The zero-order chi connectivity index (χ0) is 11.7. The molecule has 2 fully saturated rings. The Morgan fingerprint density at radius 3 is 2.76 bits per heavy atom. The first-order chi connectivity index (χ1) is 8.27. The van der Waals surface area contributed by atoms with Crippen molar-refractivity contribution in [2.75, 3.05) is 6.61 Å². The van der Waals surface area contributed by atoms with Gasteiger partial charge in [0.25, 0.3) is 0 Å². The van der Waals surface area contributed by atoms with Crippen molar-refractivity contribution < 1.29 is 4.74 Å². The van der Waals surface area contributed by atoms with Crippen molar-refractivity contribution in [1.82, 2.24) is 0 Å². The summed E-state index contributed by atoms with van der Waals surface area (Å²) in [6.45, 7) is 0.969. The van der Waals surface area contributed by atoms with Crippen molar-refractivity contribution in [1.29, 1.82) is 0 Å². The van der Waals surface area contributed by atoms with Crippen molar-refractivity contribution in [3.63, 3.8) is 0 Å². The smallest absolute Gasteiger partial charge is 0.0688 e. The van der Waals surface area contributed by atoms with Gasteiger partial charge in [-0.05, 0) is 50.9 Å². The maximum atomic E-state index is 6.12. The third kappa shape index (κ3) is 2.43. The van der Waals surface area contributed by atoms with Gasteiger partial charge in [0.05, 0.1) is 5.60 Å². The summed E-state index contributed by atoms with van der Waals surface area (Å²) in [5.74, 6) is 0.771. The average molecular weight is 235 g/mol. The van der Waals surface area contributed by atoms with Crippen molar-refractivity contribution in [3.05, 3.63) is 11.6 Å². The van der Waals surface area contributed by atoms with Crippen LogP contribution in [0, 0.1) is 5.92 Å². The van der Waals surface area contributed by atoms with E-state index in [9.17, 15) is 0 Å². The lowest BCUT2D eigenvalue weighted by Crippen LogP contribution is -2.38. The summed E-state index contributed by atoms with van der Waals surface area (Å²) < 4.78 is 6.12. The van der Waals surface area contributed by atoms with Crippen LogP contribution in [0.5, 0.6) is 0 Å². The first kappa shape index (κ1) is 11.7. The SMILES string of the molecule is NC1C=C(C2CCOC3(CCCC3)C2)CCC1. The zero-order valence-corrected chi connectivity index (χ0v) is 10.8. The van der Waals surface area contributed by atoms with Gasteiger partial charge < -0.3 is 10.5 Å². The van der Waals surface area contributed by atoms with Crippen molar-refractivity contribution in [3.8, 4) is 0 Å². The monoisotopic (exact) mass is 235 g/mol. The van der Waals surface area contributed by atoms with Gasteiger partial charge in [-0.25, -0.2) is 0 Å². The molecule has 1 saturated carbocycles. The van der Waals surface area contributed by atoms with Crippen LogP contribution in [-0.2, 0) is 4.74 Å². The Morgan fingerprint density at radius 2 is 2.00 bits per heavy atom. The first-order valence-corrected chi connectivity index (χ1v) is 7.38. The van der Waals surface area contributed by atoms with Gasteiger partial charge in [0, 0.05) is 12.6 Å². The molecule has 2 N–H and O–H groups in total. The Balaban J connectivity index is 1.71. The minimum atomic E-state index is 0.255. The fourth-order valence-electron chi connectivity index (χ4n) is 4.04. The second kappa shape index (κ2) is 4.74. The van der Waals surface area contributed by atoms with E-state index < -0.39 is 0 Å². The van der Waals surface area contributed by atoms with Gasteiger partial charge in [-0.15, -0.1) is 0 Å². The van der Waals surface area contributed by atoms with Gasteiger partial charge >= 0.3 is 0 Å². The predicted molar refractivity (Wildman–Crippen MR) is 69.8 cm³/mol. The summed E-state index contributed by atoms with van der Waals surface area (Å²) in [5, 5.41) is 0. The van der Waals surface area contributed by atoms with E-state index in [0.29, 0.717) is 6.04 Å². The number of ether oxygens (including phenoxy) is 1. The Morgan fingerprint density at radius 1 is 1.18 bits per heavy atom. The third-order valence-corrected chi connectivity index (χ3v) is 4.96. The molecule has 17 heavy (non-hydrogen) atoms. The van der Waals surface area contributed by atoms with Crippen LogP contribution in [0.25, 0.3) is 0 Å². The fourth-order valence-corrected chi connectivity index (χ4v) is 4.04. The van der Waals surface area contributed by atoms with Gasteiger partial charge in [-0.1, -0.05) is 24.5 Å². The number of rotatable bonds is 1. The van der Waals surface area contributed by atoms with E-state index in [1.807, 2.05) is 0 Å². The van der Waals surface area contributed by atoms with E-state index in [2.05, 4.69) is 6.08 Å². The number of hydrogen-bond acceptors (Lipinski definition) is 2. The average Bonchev–Trinajstić information content (AvgIpc) is 2.77. The molecule has 1 heterocycles. The molecule has 0 aromatic rings. The molecule has 1 saturated heterocycles. The van der Waals surface area contributed by atoms with E-state index in [4.69, 9.17) is 10.5 Å². The minimum absolute atomic E-state index is 0.255. The second-order valence-electron chi connectivity index (χ2n) is 6.23. The largest absolute Gasteiger partial charge is 0.375 e. The lowest BCUT2D eigenvalue weighted by Gasteiger charge is -2.40. The Kier molecular flexibility index (Phi) is 3.27. The molecule has 0 amide bonds. The van der Waals surface area contributed by atoms with Crippen LogP contribution in [-0.4, -0.2) is 18.2 Å². The van der Waals surface area contributed by atoms with Crippen molar-refractivity contribution in [2.45, 2.75) is 69.4 Å². The number of hydrogen-bond donors (Lipinski definition) is 1. The zero-order valence-electron chi connectivity index (χ0n) is 10.8. The molecule has 96 valence electrons. The van der Waals surface area contributed by atoms with Gasteiger partial charge in [0.1, 0.15) is 0 Å². The molecule has 1 aliphatic heterocycles. The Bertz CT molecular complexity index is 304. The van der Waals surface area contributed by atoms with Crippen LogP contribution in [0.2, 0.25) is 0 Å². The molecule has 3 aliphatic rings. The summed E-state index contributed by atoms with van der Waals surface area (Å²) >= 11 is 0. The lowest BCUT2D eigenvalue weighted by atomic mass is 9.77. The maximum Gasteiger partial charge on any atom is 0.0688 e. The summed E-state index contributed by atoms with van der Waals surface area (Å²) in [5.41, 5.74) is 7.98. The quantitative estimate of drug-likeness (QED) is 0.709. The first-order valence-electron chi connectivity index (χ1n) is 7.38. The molecule has 0 bridgehead atoms. The highest BCUT2D eigenvalue weighted by atomic mass is 16.5. The molecule has 2 atom stereocenters. The molecular weight excluding hydrogens is 210 g/mol. The second-order valence-corrected chi connectivity index (χ2v) is 6.23. The predicted octanol–water partition coefficient (Wildman–Crippen LogP) is 3.16. The highest BCUT2D eigenvalue weighted by molar-refractivity contribution is 5.15. The number of allylic oxidation sites excluding steroid dienone is 1. The fraction of sp³-hybridized carbons (Fsp3) is 0.867. The summed E-state index contributed by atoms with van der Waals surface area (Å²) in [6.07, 6.45) is 13.9. The Labute approximate surface area is 105 Å². The number of nitrogens with two attached hydrogens (primary N) is 1. The van der Waals surface area contributed by atoms with Crippen LogP contribution < -0.4 is 5.73 Å². The standard InChI is InChI=1S/C15H25NO/c16-14-5-3-4-12(10-14)13-6-9-17-15(11-13)7-1-2-8-15/h10,13-14H,1-9,11,16H2. The summed E-state index contributed by atoms with van der Waals surface area (Å²) in [6, 6.07) is 0.320. The van der Waals surface area contributed by atoms with Crippen molar-refractivity contribution in [2.24, 2.45) is 11.7 Å². The topological polar surface area (TPSA) is 35.2 Å². The van der Waals surface area contributed by atoms with Gasteiger partial charge in [0.2, 0.25) is 0 Å². The molecule has 0 radical (unpaired) electrons. The highest BCUT2D eigenvalue weighted by Gasteiger charge is 2.40. The van der Waals surface area contributed by atoms with E-state index in [1.54, 1.807) is 5.57 Å². The van der Waals surface area contributed by atoms with Gasteiger partial charge in [-0.3, -0.25) is 0 Å². The van der Waals surface area contributed by atoms with Crippen LogP contribution in [0.1, 0.15) is 57.8 Å². The van der Waals surface area contributed by atoms with E-state index in [0.717, 1.165) is 12.5 Å². The highest BCUT2D eigenvalue weighted by Crippen LogP contribution is 2.45. The molecule has 2 heteroatoms. The van der Waals surface area contributed by atoms with Crippen LogP contribution in [0.3, 0.4) is 0 Å². The molecule has 3 rings (SSSR count). The van der Waals surface area contributed by atoms with Crippen LogP contribution in [0.4, 0.5) is 0 Å². The van der Waals surface area contributed by atoms with Crippen LogP contribution in [0.15, 0.2) is 11.6 Å². The minimum Gasteiger partial charge on any atom is -0.375 e. The maximum absolute atomic E-state index is 6.12.